The first-order valence-electron chi connectivity index (χ1n) is 6.86. The van der Waals surface area contributed by atoms with Crippen LogP contribution in [0.15, 0.2) is 30.3 Å². The molecule has 21 heavy (non-hydrogen) atoms. The van der Waals surface area contributed by atoms with Crippen molar-refractivity contribution in [2.24, 2.45) is 0 Å². The molecule has 1 aromatic heterocycles. The lowest BCUT2D eigenvalue weighted by molar-refractivity contribution is 0.172. The minimum absolute atomic E-state index is 0.574. The van der Waals surface area contributed by atoms with Gasteiger partial charge < -0.3 is 20.2 Å². The van der Waals surface area contributed by atoms with Gasteiger partial charge in [-0.3, -0.25) is 0 Å². The van der Waals surface area contributed by atoms with Crippen LogP contribution in [0.5, 0.6) is 11.5 Å². The first-order valence-corrected chi connectivity index (χ1v) is 6.86. The Balaban J connectivity index is 1.84. The van der Waals surface area contributed by atoms with E-state index in [0.717, 1.165) is 45.2 Å². The van der Waals surface area contributed by atoms with Gasteiger partial charge >= 0.3 is 0 Å². The second kappa shape index (κ2) is 4.41. The Kier molecular flexibility index (Phi) is 2.54. The smallest absolute Gasteiger partial charge is 0.163 e. The van der Waals surface area contributed by atoms with Gasteiger partial charge in [0.1, 0.15) is 19.0 Å². The van der Waals surface area contributed by atoms with Gasteiger partial charge in [0.15, 0.2) is 11.5 Å². The fraction of sp³-hybridized carbons (Fsp3) is 0.188. The van der Waals surface area contributed by atoms with Crippen molar-refractivity contribution in [3.05, 3.63) is 35.9 Å². The molecule has 0 radical (unpaired) electrons. The van der Waals surface area contributed by atoms with E-state index in [0.29, 0.717) is 13.2 Å². The van der Waals surface area contributed by atoms with Gasteiger partial charge in [-0.2, -0.15) is 0 Å². The minimum atomic E-state index is 0.574. The van der Waals surface area contributed by atoms with Crippen molar-refractivity contribution in [3.8, 4) is 22.9 Å². The molecule has 2 aromatic carbocycles. The third kappa shape index (κ3) is 1.98. The zero-order chi connectivity index (χ0) is 14.4. The zero-order valence-corrected chi connectivity index (χ0v) is 11.6. The number of fused-ring (bicyclic) bond motifs is 2. The number of aromatic nitrogens is 2. The molecule has 1 aliphatic heterocycles. The third-order valence-corrected chi connectivity index (χ3v) is 3.70. The molecule has 0 saturated heterocycles. The molecule has 3 N–H and O–H groups in total. The van der Waals surface area contributed by atoms with Crippen molar-refractivity contribution in [1.82, 2.24) is 9.97 Å². The summed E-state index contributed by atoms with van der Waals surface area (Å²) in [6.45, 7) is 3.14. The quantitative estimate of drug-likeness (QED) is 0.673. The fourth-order valence-electron chi connectivity index (χ4n) is 2.47. The van der Waals surface area contributed by atoms with Gasteiger partial charge in [0, 0.05) is 23.4 Å². The molecule has 5 nitrogen and oxygen atoms in total. The lowest BCUT2D eigenvalue weighted by atomic mass is 10.1. The Morgan fingerprint density at radius 1 is 1.10 bits per heavy atom. The Morgan fingerprint density at radius 3 is 2.62 bits per heavy atom. The predicted octanol–water partition coefficient (Wildman–Crippen LogP) is 2.89. The minimum Gasteiger partial charge on any atom is -0.486 e. The third-order valence-electron chi connectivity index (χ3n) is 3.70. The largest absolute Gasteiger partial charge is 0.486 e. The van der Waals surface area contributed by atoms with Crippen molar-refractivity contribution in [2.45, 2.75) is 6.92 Å². The Bertz CT molecular complexity index is 796. The molecule has 0 amide bonds. The van der Waals surface area contributed by atoms with Crippen LogP contribution in [0, 0.1) is 6.92 Å². The van der Waals surface area contributed by atoms with Crippen LogP contribution in [-0.2, 0) is 0 Å². The summed E-state index contributed by atoms with van der Waals surface area (Å²) in [7, 11) is 0. The number of anilines is 1. The van der Waals surface area contributed by atoms with Crippen molar-refractivity contribution in [3.63, 3.8) is 0 Å². The number of H-pyrrole nitrogens is 1. The Hall–Kier alpha value is -2.69. The highest BCUT2D eigenvalue weighted by Gasteiger charge is 2.15. The van der Waals surface area contributed by atoms with E-state index in [4.69, 9.17) is 15.2 Å². The summed E-state index contributed by atoms with van der Waals surface area (Å²) in [6, 6.07) is 9.77. The number of nitrogens with zero attached hydrogens (tertiary/aromatic N) is 1. The highest BCUT2D eigenvalue weighted by molar-refractivity contribution is 5.83. The van der Waals surface area contributed by atoms with E-state index >= 15 is 0 Å². The molecule has 5 heteroatoms. The molecule has 4 rings (SSSR count). The normalized spacial score (nSPS) is 13.6. The maximum absolute atomic E-state index is 5.97. The first-order chi connectivity index (χ1) is 10.2. The van der Waals surface area contributed by atoms with E-state index in [1.807, 2.05) is 37.3 Å². The van der Waals surface area contributed by atoms with Gasteiger partial charge in [-0.25, -0.2) is 4.98 Å². The summed E-state index contributed by atoms with van der Waals surface area (Å²) in [5, 5.41) is 0. The van der Waals surface area contributed by atoms with Crippen LogP contribution in [0.4, 0.5) is 5.69 Å². The molecule has 0 atom stereocenters. The molecule has 106 valence electrons. The van der Waals surface area contributed by atoms with E-state index < -0.39 is 0 Å². The summed E-state index contributed by atoms with van der Waals surface area (Å²) in [4.78, 5) is 7.92. The van der Waals surface area contributed by atoms with Crippen LogP contribution in [0.25, 0.3) is 22.4 Å². The van der Waals surface area contributed by atoms with E-state index in [9.17, 15) is 0 Å². The number of rotatable bonds is 1. The molecule has 2 heterocycles. The number of aromatic amines is 1. The monoisotopic (exact) mass is 281 g/mol. The number of ether oxygens (including phenoxy) is 2. The number of hydrogen-bond acceptors (Lipinski definition) is 4. The molecule has 0 bridgehead atoms. The molecular weight excluding hydrogens is 266 g/mol. The molecule has 0 saturated carbocycles. The van der Waals surface area contributed by atoms with Gasteiger partial charge in [0.2, 0.25) is 0 Å². The molecule has 0 fully saturated rings. The number of hydrogen-bond donors (Lipinski definition) is 2. The van der Waals surface area contributed by atoms with Gasteiger partial charge in [-0.15, -0.1) is 0 Å². The lowest BCUT2D eigenvalue weighted by Gasteiger charge is -2.17. The molecule has 0 spiro atoms. The number of nitrogen functional groups attached to an aromatic ring is 1. The Labute approximate surface area is 121 Å². The summed E-state index contributed by atoms with van der Waals surface area (Å²) in [5.74, 6) is 2.29. The van der Waals surface area contributed by atoms with Gasteiger partial charge in [-0.1, -0.05) is 12.1 Å². The highest BCUT2D eigenvalue weighted by atomic mass is 16.6. The van der Waals surface area contributed by atoms with Crippen LogP contribution in [0.1, 0.15) is 5.56 Å². The second-order valence-electron chi connectivity index (χ2n) is 5.17. The average Bonchev–Trinajstić information content (AvgIpc) is 2.90. The summed E-state index contributed by atoms with van der Waals surface area (Å²) in [5.41, 5.74) is 10.5. The number of aryl methyl sites for hydroxylation is 1. The number of benzene rings is 2. The van der Waals surface area contributed by atoms with Crippen molar-refractivity contribution in [1.29, 1.82) is 0 Å². The SMILES string of the molecule is Cc1ccc(-c2nc3cc4c(cc3[nH]2)OCCO4)cc1N. The standard InChI is InChI=1S/C16H15N3O2/c1-9-2-3-10(6-11(9)17)16-18-12-7-14-15(8-13(12)19-16)21-5-4-20-14/h2-3,6-8H,4-5,17H2,1H3,(H,18,19). The number of imidazole rings is 1. The molecule has 3 aromatic rings. The van der Waals surface area contributed by atoms with Crippen LogP contribution >= 0.6 is 0 Å². The van der Waals surface area contributed by atoms with Crippen LogP contribution < -0.4 is 15.2 Å². The second-order valence-corrected chi connectivity index (χ2v) is 5.17. The van der Waals surface area contributed by atoms with E-state index in [-0.39, 0.29) is 0 Å². The van der Waals surface area contributed by atoms with Crippen LogP contribution in [-0.4, -0.2) is 23.2 Å². The fourth-order valence-corrected chi connectivity index (χ4v) is 2.47. The predicted molar refractivity (Wildman–Crippen MR) is 81.7 cm³/mol. The molecular formula is C16H15N3O2. The number of nitrogens with one attached hydrogen (secondary N) is 1. The van der Waals surface area contributed by atoms with Gasteiger partial charge in [0.25, 0.3) is 0 Å². The molecule has 0 aliphatic carbocycles. The maximum Gasteiger partial charge on any atom is 0.163 e. The van der Waals surface area contributed by atoms with Crippen molar-refractivity contribution >= 4 is 16.7 Å². The van der Waals surface area contributed by atoms with Crippen LogP contribution in [0.2, 0.25) is 0 Å². The number of nitrogens with two attached hydrogens (primary N) is 1. The van der Waals surface area contributed by atoms with Crippen molar-refractivity contribution < 1.29 is 9.47 Å². The summed E-state index contributed by atoms with van der Waals surface area (Å²) in [6.07, 6.45) is 0. The van der Waals surface area contributed by atoms with E-state index in [1.165, 1.54) is 0 Å². The van der Waals surface area contributed by atoms with Crippen LogP contribution in [0.3, 0.4) is 0 Å². The lowest BCUT2D eigenvalue weighted by Crippen LogP contribution is -2.15. The average molecular weight is 281 g/mol. The van der Waals surface area contributed by atoms with E-state index in [2.05, 4.69) is 9.97 Å². The molecule has 1 aliphatic rings. The van der Waals surface area contributed by atoms with Crippen molar-refractivity contribution in [2.75, 3.05) is 18.9 Å². The van der Waals surface area contributed by atoms with E-state index in [1.54, 1.807) is 0 Å². The topological polar surface area (TPSA) is 73.2 Å². The van der Waals surface area contributed by atoms with Gasteiger partial charge in [0.05, 0.1) is 11.0 Å². The highest BCUT2D eigenvalue weighted by Crippen LogP contribution is 2.35. The first kappa shape index (κ1) is 12.1. The molecule has 0 unspecified atom stereocenters. The summed E-state index contributed by atoms with van der Waals surface area (Å²) < 4.78 is 11.2. The summed E-state index contributed by atoms with van der Waals surface area (Å²) >= 11 is 0. The zero-order valence-electron chi connectivity index (χ0n) is 11.6. The maximum atomic E-state index is 5.97. The van der Waals surface area contributed by atoms with Gasteiger partial charge in [-0.05, 0) is 18.6 Å². The Morgan fingerprint density at radius 2 is 1.86 bits per heavy atom.